The molecule has 0 atom stereocenters. The van der Waals surface area contributed by atoms with Crippen molar-refractivity contribution in [3.63, 3.8) is 0 Å². The van der Waals surface area contributed by atoms with Gasteiger partial charge in [0.05, 0.1) is 10.3 Å². The van der Waals surface area contributed by atoms with Gasteiger partial charge in [-0.25, -0.2) is 8.42 Å². The number of sulfone groups is 1. The van der Waals surface area contributed by atoms with Crippen molar-refractivity contribution in [1.82, 2.24) is 30.6 Å². The molecule has 8 nitrogen and oxygen atoms in total. The van der Waals surface area contributed by atoms with Gasteiger partial charge in [0.2, 0.25) is 5.82 Å². The molecule has 1 N–H and O–H groups in total. The Labute approximate surface area is 197 Å². The van der Waals surface area contributed by atoms with E-state index in [1.54, 1.807) is 32.4 Å². The molecule has 0 radical (unpaired) electrons. The summed E-state index contributed by atoms with van der Waals surface area (Å²) in [5.41, 5.74) is 5.93. The van der Waals surface area contributed by atoms with Gasteiger partial charge in [-0.1, -0.05) is 24.3 Å². The largest absolute Gasteiger partial charge is 0.263 e. The van der Waals surface area contributed by atoms with Crippen molar-refractivity contribution >= 4 is 20.7 Å². The molecule has 0 aliphatic rings. The molecule has 0 spiro atoms. The first-order chi connectivity index (χ1) is 16.2. The molecule has 2 aromatic carbocycles. The van der Waals surface area contributed by atoms with Crippen LogP contribution < -0.4 is 0 Å². The van der Waals surface area contributed by atoms with Crippen LogP contribution in [0.4, 0.5) is 0 Å². The first-order valence-corrected chi connectivity index (χ1v) is 12.5. The number of H-pyrrole nitrogens is 1. The number of pyridine rings is 2. The average molecular weight is 471 g/mol. The van der Waals surface area contributed by atoms with Crippen LogP contribution in [0.15, 0.2) is 73.2 Å². The fourth-order valence-corrected chi connectivity index (χ4v) is 4.39. The Morgan fingerprint density at radius 3 is 2.41 bits per heavy atom. The van der Waals surface area contributed by atoms with E-state index in [1.807, 2.05) is 48.5 Å². The summed E-state index contributed by atoms with van der Waals surface area (Å²) in [5, 5.41) is 15.0. The summed E-state index contributed by atoms with van der Waals surface area (Å²) in [7, 11) is -3.35. The fraction of sp³-hybridized carbons (Fsp3) is 0.160. The van der Waals surface area contributed by atoms with Gasteiger partial charge in [0.25, 0.3) is 0 Å². The number of nitrogens with one attached hydrogen (secondary N) is 1. The van der Waals surface area contributed by atoms with Crippen LogP contribution in [0, 0.1) is 0 Å². The van der Waals surface area contributed by atoms with Crippen molar-refractivity contribution in [2.24, 2.45) is 0 Å². The van der Waals surface area contributed by atoms with Crippen molar-refractivity contribution < 1.29 is 8.42 Å². The summed E-state index contributed by atoms with van der Waals surface area (Å²) in [4.78, 5) is 8.95. The van der Waals surface area contributed by atoms with E-state index in [0.29, 0.717) is 5.82 Å². The maximum Gasteiger partial charge on any atom is 0.206 e. The Bertz CT molecular complexity index is 1610. The van der Waals surface area contributed by atoms with Gasteiger partial charge in [0.1, 0.15) is 0 Å². The molecule has 9 heteroatoms. The Kier molecular flexibility index (Phi) is 5.21. The molecule has 3 aromatic heterocycles. The lowest BCUT2D eigenvalue weighted by atomic mass is 9.92. The van der Waals surface area contributed by atoms with Gasteiger partial charge >= 0.3 is 0 Å². The summed E-state index contributed by atoms with van der Waals surface area (Å²) >= 11 is 0. The quantitative estimate of drug-likeness (QED) is 0.404. The summed E-state index contributed by atoms with van der Waals surface area (Å²) in [6.07, 6.45) is 6.48. The number of aromatic nitrogens is 6. The summed E-state index contributed by atoms with van der Waals surface area (Å²) in [6.45, 7) is 3.46. The van der Waals surface area contributed by atoms with Crippen LogP contribution in [-0.2, 0) is 14.6 Å². The molecule has 0 unspecified atom stereocenters. The highest BCUT2D eigenvalue weighted by Crippen LogP contribution is 2.37. The van der Waals surface area contributed by atoms with Gasteiger partial charge in [-0.3, -0.25) is 9.97 Å². The van der Waals surface area contributed by atoms with E-state index >= 15 is 0 Å². The van der Waals surface area contributed by atoms with Crippen LogP contribution in [0.25, 0.3) is 44.5 Å². The molecular formula is C25H22N6O2S. The van der Waals surface area contributed by atoms with Crippen LogP contribution in [0.3, 0.4) is 0 Å². The van der Waals surface area contributed by atoms with Gasteiger partial charge < -0.3 is 0 Å². The molecule has 0 amide bonds. The number of hydrogen-bond donors (Lipinski definition) is 1. The molecular weight excluding hydrogens is 448 g/mol. The minimum Gasteiger partial charge on any atom is -0.263 e. The minimum absolute atomic E-state index is 0.469. The molecule has 3 heterocycles. The van der Waals surface area contributed by atoms with E-state index in [4.69, 9.17) is 0 Å². The number of benzene rings is 2. The van der Waals surface area contributed by atoms with Crippen molar-refractivity contribution in [1.29, 1.82) is 0 Å². The van der Waals surface area contributed by atoms with Crippen LogP contribution in [-0.4, -0.2) is 45.3 Å². The number of fused-ring (bicyclic) bond motifs is 1. The predicted octanol–water partition coefficient (Wildman–Crippen LogP) is 4.42. The lowest BCUT2D eigenvalue weighted by Gasteiger charge is -2.24. The molecule has 0 bridgehead atoms. The van der Waals surface area contributed by atoms with Crippen LogP contribution in [0.5, 0.6) is 0 Å². The van der Waals surface area contributed by atoms with E-state index in [9.17, 15) is 8.42 Å². The van der Waals surface area contributed by atoms with Crippen LogP contribution in [0.2, 0.25) is 0 Å². The fourth-order valence-electron chi connectivity index (χ4n) is 3.84. The monoisotopic (exact) mass is 470 g/mol. The zero-order valence-electron chi connectivity index (χ0n) is 18.9. The smallest absolute Gasteiger partial charge is 0.206 e. The molecule has 0 aliphatic carbocycles. The third kappa shape index (κ3) is 3.84. The van der Waals surface area contributed by atoms with Crippen LogP contribution in [0.1, 0.15) is 19.4 Å². The zero-order valence-corrected chi connectivity index (χ0v) is 19.7. The molecule has 0 aliphatic heterocycles. The van der Waals surface area contributed by atoms with Crippen molar-refractivity contribution in [2.45, 2.75) is 18.6 Å². The second-order valence-electron chi connectivity index (χ2n) is 8.66. The van der Waals surface area contributed by atoms with Gasteiger partial charge in [-0.05, 0) is 66.1 Å². The van der Waals surface area contributed by atoms with Crippen molar-refractivity contribution in [3.05, 3.63) is 78.8 Å². The molecule has 170 valence electrons. The molecule has 5 aromatic rings. The van der Waals surface area contributed by atoms with Gasteiger partial charge in [0, 0.05) is 46.9 Å². The standard InChI is InChI=1S/C25H22N6O2S/c1-25(2,34(3,32)33)21-12-18-8-5-9-27-23(18)22(13-21)17-7-4-6-16(10-17)19-11-20(15-26-14-19)24-28-30-31-29-24/h4-15H,1-3H3,(H,28,29,30,31). The van der Waals surface area contributed by atoms with Crippen LogP contribution >= 0.6 is 0 Å². The van der Waals surface area contributed by atoms with Gasteiger partial charge in [0.15, 0.2) is 9.84 Å². The number of aromatic amines is 1. The lowest BCUT2D eigenvalue weighted by Crippen LogP contribution is -2.28. The highest BCUT2D eigenvalue weighted by molar-refractivity contribution is 7.91. The molecule has 34 heavy (non-hydrogen) atoms. The molecule has 5 rings (SSSR count). The van der Waals surface area contributed by atoms with E-state index in [0.717, 1.165) is 44.3 Å². The molecule has 0 saturated carbocycles. The Hall–Kier alpha value is -3.98. The molecule has 0 saturated heterocycles. The van der Waals surface area contributed by atoms with E-state index in [1.165, 1.54) is 6.26 Å². The average Bonchev–Trinajstić information content (AvgIpc) is 3.38. The maximum absolute atomic E-state index is 12.6. The maximum atomic E-state index is 12.6. The summed E-state index contributed by atoms with van der Waals surface area (Å²) < 4.78 is 24.1. The first kappa shape index (κ1) is 21.8. The Morgan fingerprint density at radius 2 is 1.65 bits per heavy atom. The normalized spacial score (nSPS) is 12.2. The minimum atomic E-state index is -3.35. The number of hydrogen-bond acceptors (Lipinski definition) is 7. The third-order valence-electron chi connectivity index (χ3n) is 6.18. The number of nitrogens with zero attached hydrogens (tertiary/aromatic N) is 5. The first-order valence-electron chi connectivity index (χ1n) is 10.6. The van der Waals surface area contributed by atoms with Gasteiger partial charge in [-0.2, -0.15) is 5.21 Å². The number of rotatable bonds is 5. The zero-order chi connectivity index (χ0) is 23.9. The second-order valence-corrected chi connectivity index (χ2v) is 11.2. The molecule has 0 fully saturated rings. The van der Waals surface area contributed by atoms with E-state index < -0.39 is 14.6 Å². The Morgan fingerprint density at radius 1 is 0.882 bits per heavy atom. The third-order valence-corrected chi connectivity index (χ3v) is 8.27. The van der Waals surface area contributed by atoms with Gasteiger partial charge in [-0.15, -0.1) is 10.2 Å². The highest BCUT2D eigenvalue weighted by atomic mass is 32.2. The number of tetrazole rings is 1. The predicted molar refractivity (Wildman–Crippen MR) is 131 cm³/mol. The second kappa shape index (κ2) is 8.11. The topological polar surface area (TPSA) is 114 Å². The van der Waals surface area contributed by atoms with Crippen molar-refractivity contribution in [3.8, 4) is 33.6 Å². The van der Waals surface area contributed by atoms with E-state index in [2.05, 4.69) is 36.7 Å². The summed E-state index contributed by atoms with van der Waals surface area (Å²) in [5.74, 6) is 0.469. The highest BCUT2D eigenvalue weighted by Gasteiger charge is 2.33. The van der Waals surface area contributed by atoms with E-state index in [-0.39, 0.29) is 0 Å². The summed E-state index contributed by atoms with van der Waals surface area (Å²) in [6, 6.07) is 17.6. The van der Waals surface area contributed by atoms with Crippen molar-refractivity contribution in [2.75, 3.05) is 6.26 Å². The SMILES string of the molecule is CC(C)(c1cc(-c2cccc(-c3cncc(-c4nn[nH]n4)c3)c2)c2ncccc2c1)S(C)(=O)=O. The Balaban J connectivity index is 1.67. The lowest BCUT2D eigenvalue weighted by molar-refractivity contribution is 0.561.